The van der Waals surface area contributed by atoms with Crippen molar-refractivity contribution in [2.45, 2.75) is 13.5 Å². The fraction of sp³-hybridized carbons (Fsp3) is 0.105. The molecule has 0 aliphatic carbocycles. The first kappa shape index (κ1) is 16.3. The molecule has 0 aliphatic rings. The van der Waals surface area contributed by atoms with Gasteiger partial charge in [0, 0.05) is 18.3 Å². The molecule has 26 heavy (non-hydrogen) atoms. The minimum Gasteiger partial charge on any atom is -0.366 e. The van der Waals surface area contributed by atoms with Crippen LogP contribution in [-0.2, 0) is 6.54 Å². The van der Waals surface area contributed by atoms with Gasteiger partial charge in [0.25, 0.3) is 5.91 Å². The van der Waals surface area contributed by atoms with Crippen LogP contribution in [0, 0.1) is 6.92 Å². The first-order valence-corrected chi connectivity index (χ1v) is 9.01. The Labute approximate surface area is 154 Å². The third-order valence-corrected chi connectivity index (χ3v) is 5.02. The molecule has 0 spiro atoms. The van der Waals surface area contributed by atoms with Gasteiger partial charge in [-0.15, -0.1) is 16.4 Å². The van der Waals surface area contributed by atoms with Crippen LogP contribution in [0.2, 0.25) is 0 Å². The zero-order chi connectivity index (χ0) is 18.1. The summed E-state index contributed by atoms with van der Waals surface area (Å²) in [6.45, 7) is 2.48. The second-order valence-corrected chi connectivity index (χ2v) is 6.93. The predicted octanol–water partition coefficient (Wildman–Crippen LogP) is 3.28. The Morgan fingerprint density at radius 3 is 2.85 bits per heavy atom. The number of nitrogen functional groups attached to an aromatic ring is 1. The number of anilines is 1. The van der Waals surface area contributed by atoms with Crippen molar-refractivity contribution >= 4 is 28.8 Å². The zero-order valence-electron chi connectivity index (χ0n) is 14.1. The van der Waals surface area contributed by atoms with Crippen molar-refractivity contribution in [2.75, 3.05) is 5.73 Å². The van der Waals surface area contributed by atoms with Crippen LogP contribution in [0.1, 0.15) is 20.8 Å². The van der Waals surface area contributed by atoms with Gasteiger partial charge in [-0.1, -0.05) is 30.3 Å². The lowest BCUT2D eigenvalue weighted by Crippen LogP contribution is -2.21. The summed E-state index contributed by atoms with van der Waals surface area (Å²) >= 11 is 1.42. The largest absolute Gasteiger partial charge is 0.366 e. The summed E-state index contributed by atoms with van der Waals surface area (Å²) in [5, 5.41) is 9.09. The molecule has 0 fully saturated rings. The number of rotatable bonds is 4. The number of amides is 1. The molecule has 0 saturated carbocycles. The summed E-state index contributed by atoms with van der Waals surface area (Å²) < 4.78 is 1.67. The predicted molar refractivity (Wildman–Crippen MR) is 103 cm³/mol. The van der Waals surface area contributed by atoms with Crippen LogP contribution in [0.5, 0.6) is 0 Å². The maximum atomic E-state index is 12.4. The van der Waals surface area contributed by atoms with E-state index >= 15 is 0 Å². The van der Waals surface area contributed by atoms with Crippen molar-refractivity contribution in [1.29, 1.82) is 0 Å². The lowest BCUT2D eigenvalue weighted by atomic mass is 10.1. The summed E-state index contributed by atoms with van der Waals surface area (Å²) in [5.74, 6) is 0.171. The molecule has 0 radical (unpaired) electrons. The minimum absolute atomic E-state index is 0.0760. The SMILES string of the molecule is Cc1cc(-c2csc(C(=O)NCc3ccccc3)c2)cn2nc(N)nc12. The fourth-order valence-corrected chi connectivity index (χ4v) is 3.63. The summed E-state index contributed by atoms with van der Waals surface area (Å²) in [7, 11) is 0. The third-order valence-electron chi connectivity index (χ3n) is 4.09. The highest BCUT2D eigenvalue weighted by Gasteiger charge is 2.12. The van der Waals surface area contributed by atoms with Crippen molar-refractivity contribution in [2.24, 2.45) is 0 Å². The van der Waals surface area contributed by atoms with E-state index in [9.17, 15) is 4.79 Å². The van der Waals surface area contributed by atoms with Crippen molar-refractivity contribution in [3.8, 4) is 11.1 Å². The molecule has 0 unspecified atom stereocenters. The molecule has 1 amide bonds. The average molecular weight is 363 g/mol. The Kier molecular flexibility index (Phi) is 4.14. The van der Waals surface area contributed by atoms with Crippen LogP contribution in [0.3, 0.4) is 0 Å². The summed E-state index contributed by atoms with van der Waals surface area (Å²) in [4.78, 5) is 17.3. The van der Waals surface area contributed by atoms with Crippen molar-refractivity contribution in [1.82, 2.24) is 19.9 Å². The van der Waals surface area contributed by atoms with E-state index in [1.807, 2.05) is 61.0 Å². The topological polar surface area (TPSA) is 85.3 Å². The Bertz CT molecular complexity index is 1080. The van der Waals surface area contributed by atoms with Gasteiger partial charge in [-0.3, -0.25) is 4.79 Å². The smallest absolute Gasteiger partial charge is 0.261 e. The Morgan fingerprint density at radius 1 is 1.23 bits per heavy atom. The molecule has 4 rings (SSSR count). The minimum atomic E-state index is -0.0760. The van der Waals surface area contributed by atoms with E-state index in [0.717, 1.165) is 27.9 Å². The van der Waals surface area contributed by atoms with Crippen LogP contribution in [-0.4, -0.2) is 20.5 Å². The van der Waals surface area contributed by atoms with E-state index in [-0.39, 0.29) is 11.9 Å². The third kappa shape index (κ3) is 3.16. The number of aryl methyl sites for hydroxylation is 1. The summed E-state index contributed by atoms with van der Waals surface area (Å²) in [5.41, 5.74) is 10.4. The maximum absolute atomic E-state index is 12.4. The van der Waals surface area contributed by atoms with E-state index < -0.39 is 0 Å². The van der Waals surface area contributed by atoms with Crippen molar-refractivity contribution < 1.29 is 4.79 Å². The number of fused-ring (bicyclic) bond motifs is 1. The molecule has 130 valence electrons. The highest BCUT2D eigenvalue weighted by Crippen LogP contribution is 2.27. The number of thiophene rings is 1. The molecule has 0 bridgehead atoms. The molecule has 1 aromatic carbocycles. The second-order valence-electron chi connectivity index (χ2n) is 6.02. The van der Waals surface area contributed by atoms with Gasteiger partial charge in [-0.05, 0) is 41.1 Å². The van der Waals surface area contributed by atoms with Crippen molar-refractivity contribution in [3.63, 3.8) is 0 Å². The molecule has 4 aromatic rings. The average Bonchev–Trinajstić information content (AvgIpc) is 3.27. The van der Waals surface area contributed by atoms with Gasteiger partial charge in [0.1, 0.15) is 0 Å². The normalized spacial score (nSPS) is 11.0. The highest BCUT2D eigenvalue weighted by atomic mass is 32.1. The quantitative estimate of drug-likeness (QED) is 0.583. The molecule has 7 heteroatoms. The monoisotopic (exact) mass is 363 g/mol. The fourth-order valence-electron chi connectivity index (χ4n) is 2.80. The van der Waals surface area contributed by atoms with E-state index in [0.29, 0.717) is 11.4 Å². The molecule has 0 aliphatic heterocycles. The summed E-state index contributed by atoms with van der Waals surface area (Å²) in [6.07, 6.45) is 1.87. The zero-order valence-corrected chi connectivity index (χ0v) is 15.0. The van der Waals surface area contributed by atoms with Gasteiger partial charge in [-0.2, -0.15) is 4.98 Å². The van der Waals surface area contributed by atoms with Gasteiger partial charge < -0.3 is 11.1 Å². The van der Waals surface area contributed by atoms with Crippen LogP contribution in [0.15, 0.2) is 54.0 Å². The molecule has 6 nitrogen and oxygen atoms in total. The van der Waals surface area contributed by atoms with E-state index in [1.165, 1.54) is 11.3 Å². The van der Waals surface area contributed by atoms with Crippen molar-refractivity contribution in [3.05, 3.63) is 70.0 Å². The van der Waals surface area contributed by atoms with Gasteiger partial charge in [0.05, 0.1) is 4.88 Å². The number of nitrogens with zero attached hydrogens (tertiary/aromatic N) is 3. The highest BCUT2D eigenvalue weighted by molar-refractivity contribution is 7.12. The van der Waals surface area contributed by atoms with Crippen LogP contribution in [0.25, 0.3) is 16.8 Å². The van der Waals surface area contributed by atoms with Crippen LogP contribution < -0.4 is 11.1 Å². The number of aromatic nitrogens is 3. The van der Waals surface area contributed by atoms with Gasteiger partial charge in [0.15, 0.2) is 5.65 Å². The van der Waals surface area contributed by atoms with Gasteiger partial charge in [0.2, 0.25) is 5.95 Å². The number of pyridine rings is 1. The molecular weight excluding hydrogens is 346 g/mol. The number of benzene rings is 1. The molecule has 3 heterocycles. The number of hydrogen-bond donors (Lipinski definition) is 2. The number of hydrogen-bond acceptors (Lipinski definition) is 5. The Morgan fingerprint density at radius 2 is 2.04 bits per heavy atom. The molecule has 0 saturated heterocycles. The lowest BCUT2D eigenvalue weighted by molar-refractivity contribution is 0.0955. The standard InChI is InChI=1S/C19H17N5OS/c1-12-7-14(10-24-17(12)22-19(20)23-24)15-8-16(26-11-15)18(25)21-9-13-5-3-2-4-6-13/h2-8,10-11H,9H2,1H3,(H2,20,23)(H,21,25). The van der Waals surface area contributed by atoms with E-state index in [2.05, 4.69) is 15.4 Å². The lowest BCUT2D eigenvalue weighted by Gasteiger charge is -2.03. The maximum Gasteiger partial charge on any atom is 0.261 e. The molecule has 3 N–H and O–H groups in total. The Hall–Kier alpha value is -3.19. The molecular formula is C19H17N5OS. The molecule has 0 atom stereocenters. The van der Waals surface area contributed by atoms with Crippen LogP contribution >= 0.6 is 11.3 Å². The van der Waals surface area contributed by atoms with E-state index in [4.69, 9.17) is 5.73 Å². The summed E-state index contributed by atoms with van der Waals surface area (Å²) in [6, 6.07) is 13.8. The molecule has 3 aromatic heterocycles. The van der Waals surface area contributed by atoms with Gasteiger partial charge in [-0.25, -0.2) is 4.52 Å². The first-order valence-electron chi connectivity index (χ1n) is 8.14. The number of carbonyl (C=O) groups is 1. The van der Waals surface area contributed by atoms with E-state index in [1.54, 1.807) is 4.52 Å². The second kappa shape index (κ2) is 6.61. The number of nitrogens with two attached hydrogens (primary N) is 1. The van der Waals surface area contributed by atoms with Crippen LogP contribution in [0.4, 0.5) is 5.95 Å². The van der Waals surface area contributed by atoms with Gasteiger partial charge >= 0.3 is 0 Å². The Balaban J connectivity index is 1.55. The number of nitrogens with one attached hydrogen (secondary N) is 1. The number of carbonyl (C=O) groups excluding carboxylic acids is 1. The first-order chi connectivity index (χ1) is 12.6.